The van der Waals surface area contributed by atoms with Gasteiger partial charge in [-0.05, 0) is 47.7 Å². The number of aryl methyl sites for hydroxylation is 1. The Bertz CT molecular complexity index is 1340. The molecule has 0 saturated carbocycles. The van der Waals surface area contributed by atoms with Gasteiger partial charge in [0.25, 0.3) is 0 Å². The van der Waals surface area contributed by atoms with E-state index < -0.39 is 10.0 Å². The van der Waals surface area contributed by atoms with Gasteiger partial charge in [-0.2, -0.15) is 0 Å². The van der Waals surface area contributed by atoms with Gasteiger partial charge in [-0.3, -0.25) is 9.52 Å². The second-order valence-corrected chi connectivity index (χ2v) is 9.76. The summed E-state index contributed by atoms with van der Waals surface area (Å²) in [7, 11) is 1.16. The number of anilines is 1. The standard InChI is InChI=1S/C23H26N4O6S/c1-12(28)24-16-8-6-13-10-19(31-2)21(32-3)22(33-4)20(13)14-7-9-17-18(11-15(14)16)26-23(25-17)27-34(5,29)30/h7,9-11,16H,6,8H2,1-5H3,(H,24,28)(H,25,26,27)/t16-/m1/s1. The van der Waals surface area contributed by atoms with Gasteiger partial charge in [-0.15, -0.1) is 0 Å². The first-order valence-corrected chi connectivity index (χ1v) is 12.4. The van der Waals surface area contributed by atoms with Crippen LogP contribution in [0.1, 0.15) is 30.5 Å². The number of amides is 1. The van der Waals surface area contributed by atoms with Gasteiger partial charge < -0.3 is 19.5 Å². The number of sulfonamides is 1. The lowest BCUT2D eigenvalue weighted by Crippen LogP contribution is -2.26. The van der Waals surface area contributed by atoms with Crippen LogP contribution in [-0.4, -0.2) is 51.9 Å². The number of nitrogens with zero attached hydrogens (tertiary/aromatic N) is 2. The summed E-state index contributed by atoms with van der Waals surface area (Å²) in [6.07, 6.45) is 2.30. The molecule has 2 N–H and O–H groups in total. The summed E-state index contributed by atoms with van der Waals surface area (Å²) < 4.78 is 42.5. The highest BCUT2D eigenvalue weighted by Gasteiger charge is 2.30. The Labute approximate surface area is 198 Å². The monoisotopic (exact) mass is 486 g/mol. The average Bonchev–Trinajstić information content (AvgIpc) is 2.96. The Morgan fingerprint density at radius 1 is 1.03 bits per heavy atom. The van der Waals surface area contributed by atoms with Crippen molar-refractivity contribution in [3.05, 3.63) is 35.4 Å². The first-order valence-electron chi connectivity index (χ1n) is 10.5. The number of nitrogens with one attached hydrogen (secondary N) is 2. The topological polar surface area (TPSA) is 129 Å². The van der Waals surface area contributed by atoms with E-state index in [-0.39, 0.29) is 17.9 Å². The minimum absolute atomic E-state index is 0.00784. The number of methoxy groups -OCH3 is 3. The smallest absolute Gasteiger partial charge is 0.237 e. The molecule has 0 unspecified atom stereocenters. The Balaban J connectivity index is 2.02. The molecule has 180 valence electrons. The van der Waals surface area contributed by atoms with E-state index in [1.165, 1.54) is 6.92 Å². The number of benzene rings is 1. The first-order chi connectivity index (χ1) is 16.1. The van der Waals surface area contributed by atoms with Crippen LogP contribution >= 0.6 is 0 Å². The maximum atomic E-state index is 12.1. The van der Waals surface area contributed by atoms with Gasteiger partial charge in [0.2, 0.25) is 27.6 Å². The van der Waals surface area contributed by atoms with Crippen molar-refractivity contribution in [1.29, 1.82) is 0 Å². The zero-order chi connectivity index (χ0) is 24.6. The zero-order valence-corrected chi connectivity index (χ0v) is 20.4. The molecule has 0 aromatic heterocycles. The Kier molecular flexibility index (Phi) is 6.22. The Morgan fingerprint density at radius 3 is 2.35 bits per heavy atom. The lowest BCUT2D eigenvalue weighted by molar-refractivity contribution is -0.119. The van der Waals surface area contributed by atoms with Gasteiger partial charge in [0.15, 0.2) is 11.5 Å². The molecule has 0 fully saturated rings. The number of carbonyl (C=O) groups excluding carboxylic acids is 1. The number of aromatic nitrogens is 2. The molecule has 34 heavy (non-hydrogen) atoms. The van der Waals surface area contributed by atoms with Gasteiger partial charge in [0, 0.05) is 12.5 Å². The third kappa shape index (κ3) is 4.43. The van der Waals surface area contributed by atoms with Crippen molar-refractivity contribution in [2.75, 3.05) is 32.3 Å². The van der Waals surface area contributed by atoms with E-state index >= 15 is 0 Å². The van der Waals surface area contributed by atoms with Crippen LogP contribution in [0.25, 0.3) is 22.5 Å². The fourth-order valence-electron chi connectivity index (χ4n) is 4.36. The van der Waals surface area contributed by atoms with E-state index in [0.29, 0.717) is 41.5 Å². The molecule has 0 bridgehead atoms. The largest absolute Gasteiger partial charge is 0.493 e. The molecule has 2 aliphatic carbocycles. The molecule has 1 aromatic rings. The van der Waals surface area contributed by atoms with Crippen molar-refractivity contribution < 1.29 is 27.4 Å². The number of imidazole rings is 1. The summed E-state index contributed by atoms with van der Waals surface area (Å²) >= 11 is 0. The lowest BCUT2D eigenvalue weighted by Gasteiger charge is -2.19. The SMILES string of the molecule is COc1cc2c(c(OC)c1OC)-c1ccc3nc(NS(C)(=O)=O)nc-3cc1[C@H](NC(C)=O)CC2. The van der Waals surface area contributed by atoms with Crippen LogP contribution in [0, 0.1) is 0 Å². The predicted molar refractivity (Wildman–Crippen MR) is 127 cm³/mol. The fourth-order valence-corrected chi connectivity index (χ4v) is 4.78. The van der Waals surface area contributed by atoms with Crippen LogP contribution in [0.2, 0.25) is 0 Å². The van der Waals surface area contributed by atoms with Crippen LogP contribution < -0.4 is 24.2 Å². The zero-order valence-electron chi connectivity index (χ0n) is 19.6. The van der Waals surface area contributed by atoms with Gasteiger partial charge in [0.1, 0.15) is 0 Å². The number of carbonyl (C=O) groups is 1. The summed E-state index contributed by atoms with van der Waals surface area (Å²) in [5.74, 6) is 1.37. The molecule has 0 spiro atoms. The molecule has 1 amide bonds. The van der Waals surface area contributed by atoms with Gasteiger partial charge in [-0.1, -0.05) is 6.07 Å². The van der Waals surface area contributed by atoms with E-state index in [4.69, 9.17) is 14.2 Å². The average molecular weight is 487 g/mol. The van der Waals surface area contributed by atoms with Crippen molar-refractivity contribution >= 4 is 21.9 Å². The van der Waals surface area contributed by atoms with Crippen molar-refractivity contribution in [1.82, 2.24) is 15.3 Å². The molecule has 10 nitrogen and oxygen atoms in total. The minimum atomic E-state index is -3.53. The second-order valence-electron chi connectivity index (χ2n) is 8.01. The van der Waals surface area contributed by atoms with Gasteiger partial charge in [0.05, 0.1) is 45.0 Å². The van der Waals surface area contributed by atoms with Crippen LogP contribution in [0.3, 0.4) is 0 Å². The van der Waals surface area contributed by atoms with Crippen LogP contribution in [-0.2, 0) is 21.2 Å². The Morgan fingerprint density at radius 2 is 1.74 bits per heavy atom. The molecule has 1 atom stereocenters. The normalized spacial score (nSPS) is 15.0. The summed E-state index contributed by atoms with van der Waals surface area (Å²) in [5.41, 5.74) is 4.43. The molecule has 1 heterocycles. The fraction of sp³-hybridized carbons (Fsp3) is 0.348. The molecule has 0 saturated heterocycles. The van der Waals surface area contributed by atoms with E-state index in [2.05, 4.69) is 20.0 Å². The van der Waals surface area contributed by atoms with Crippen LogP contribution in [0.15, 0.2) is 24.3 Å². The maximum Gasteiger partial charge on any atom is 0.237 e. The number of hydrogen-bond acceptors (Lipinski definition) is 8. The minimum Gasteiger partial charge on any atom is -0.493 e. The summed E-state index contributed by atoms with van der Waals surface area (Å²) in [4.78, 5) is 20.7. The van der Waals surface area contributed by atoms with E-state index in [1.807, 2.05) is 18.2 Å². The molecule has 3 aliphatic rings. The predicted octanol–water partition coefficient (Wildman–Crippen LogP) is 2.77. The molecule has 4 rings (SSSR count). The highest BCUT2D eigenvalue weighted by molar-refractivity contribution is 7.91. The van der Waals surface area contributed by atoms with Crippen molar-refractivity contribution in [2.45, 2.75) is 25.8 Å². The number of hydrogen-bond donors (Lipinski definition) is 2. The van der Waals surface area contributed by atoms with Crippen molar-refractivity contribution in [2.24, 2.45) is 0 Å². The first kappa shape index (κ1) is 23.6. The Hall–Kier alpha value is -3.60. The third-order valence-corrected chi connectivity index (χ3v) is 6.19. The van der Waals surface area contributed by atoms with E-state index in [0.717, 1.165) is 28.5 Å². The molecule has 1 aliphatic heterocycles. The second kappa shape index (κ2) is 8.98. The van der Waals surface area contributed by atoms with E-state index in [9.17, 15) is 13.2 Å². The number of fused-ring (bicyclic) bond motifs is 4. The van der Waals surface area contributed by atoms with Crippen LogP contribution in [0.5, 0.6) is 17.2 Å². The molecular weight excluding hydrogens is 460 g/mol. The van der Waals surface area contributed by atoms with E-state index in [1.54, 1.807) is 27.4 Å². The van der Waals surface area contributed by atoms with Crippen molar-refractivity contribution in [3.63, 3.8) is 0 Å². The summed E-state index contributed by atoms with van der Waals surface area (Å²) in [5, 5.41) is 3.03. The molecule has 1 aromatic carbocycles. The molecular formula is C23H26N4O6S. The summed E-state index contributed by atoms with van der Waals surface area (Å²) in [6.45, 7) is 1.47. The molecule has 0 radical (unpaired) electrons. The summed E-state index contributed by atoms with van der Waals surface area (Å²) in [6, 6.07) is 7.08. The molecule has 11 heteroatoms. The maximum absolute atomic E-state index is 12.1. The third-order valence-electron chi connectivity index (χ3n) is 5.64. The quantitative estimate of drug-likeness (QED) is 0.544. The number of rotatable bonds is 6. The van der Waals surface area contributed by atoms with Crippen molar-refractivity contribution in [3.8, 4) is 39.8 Å². The van der Waals surface area contributed by atoms with Gasteiger partial charge in [-0.25, -0.2) is 18.4 Å². The lowest BCUT2D eigenvalue weighted by atomic mass is 9.95. The van der Waals surface area contributed by atoms with Gasteiger partial charge >= 0.3 is 0 Å². The highest BCUT2D eigenvalue weighted by Crippen LogP contribution is 2.50. The highest BCUT2D eigenvalue weighted by atomic mass is 32.2. The number of ether oxygens (including phenoxy) is 3. The van der Waals surface area contributed by atoms with Crippen LogP contribution in [0.4, 0.5) is 5.95 Å².